The zero-order chi connectivity index (χ0) is 12.3. The Labute approximate surface area is 106 Å². The van der Waals surface area contributed by atoms with Crippen LogP contribution in [0.4, 0.5) is 0 Å². The molecule has 0 saturated carbocycles. The molecule has 0 aromatic heterocycles. The van der Waals surface area contributed by atoms with Gasteiger partial charge in [0.1, 0.15) is 0 Å². The van der Waals surface area contributed by atoms with E-state index in [1.165, 1.54) is 51.7 Å². The van der Waals surface area contributed by atoms with E-state index < -0.39 is 0 Å². The Balaban J connectivity index is 1.75. The Bertz CT molecular complexity index is 246. The van der Waals surface area contributed by atoms with E-state index in [4.69, 9.17) is 0 Å². The minimum absolute atomic E-state index is 0.153. The first-order valence-corrected chi connectivity index (χ1v) is 7.16. The van der Waals surface area contributed by atoms with Crippen LogP contribution in [-0.2, 0) is 0 Å². The lowest BCUT2D eigenvalue weighted by molar-refractivity contribution is 0.0433. The van der Waals surface area contributed by atoms with E-state index in [0.29, 0.717) is 6.61 Å². The summed E-state index contributed by atoms with van der Waals surface area (Å²) in [5, 5.41) is 9.45. The molecule has 0 bridgehead atoms. The van der Waals surface area contributed by atoms with Crippen molar-refractivity contribution in [1.29, 1.82) is 0 Å². The molecule has 2 unspecified atom stereocenters. The number of nitrogens with zero attached hydrogens (tertiary/aromatic N) is 2. The Morgan fingerprint density at radius 3 is 2.76 bits per heavy atom. The Morgan fingerprint density at radius 2 is 2.12 bits per heavy atom. The van der Waals surface area contributed by atoms with Crippen molar-refractivity contribution in [2.45, 2.75) is 45.1 Å². The third kappa shape index (κ3) is 3.43. The van der Waals surface area contributed by atoms with Gasteiger partial charge < -0.3 is 14.9 Å². The molecule has 0 spiro atoms. The molecule has 2 fully saturated rings. The summed E-state index contributed by atoms with van der Waals surface area (Å²) in [5.74, 6) is 0. The number of aliphatic hydroxyl groups is 1. The minimum atomic E-state index is 0.153. The lowest BCUT2D eigenvalue weighted by atomic mass is 9.82. The van der Waals surface area contributed by atoms with Gasteiger partial charge in [-0.05, 0) is 58.8 Å². The van der Waals surface area contributed by atoms with Gasteiger partial charge in [-0.15, -0.1) is 0 Å². The molecule has 100 valence electrons. The fourth-order valence-corrected chi connectivity index (χ4v) is 3.42. The van der Waals surface area contributed by atoms with Crippen LogP contribution in [0.5, 0.6) is 0 Å². The molecule has 2 aliphatic heterocycles. The van der Waals surface area contributed by atoms with Crippen molar-refractivity contribution in [2.24, 2.45) is 5.41 Å². The summed E-state index contributed by atoms with van der Waals surface area (Å²) < 4.78 is 0. The number of hydrogen-bond acceptors (Lipinski definition) is 3. The first-order chi connectivity index (χ1) is 8.13. The average molecular weight is 240 g/mol. The van der Waals surface area contributed by atoms with E-state index in [-0.39, 0.29) is 5.41 Å². The van der Waals surface area contributed by atoms with E-state index >= 15 is 0 Å². The van der Waals surface area contributed by atoms with Crippen LogP contribution < -0.4 is 0 Å². The topological polar surface area (TPSA) is 26.7 Å². The number of aliphatic hydroxyl groups excluding tert-OH is 1. The number of piperidine rings is 1. The molecule has 1 N–H and O–H groups in total. The fourth-order valence-electron chi connectivity index (χ4n) is 3.42. The van der Waals surface area contributed by atoms with Crippen molar-refractivity contribution in [2.75, 3.05) is 39.8 Å². The van der Waals surface area contributed by atoms with Crippen LogP contribution in [0.2, 0.25) is 0 Å². The summed E-state index contributed by atoms with van der Waals surface area (Å²) in [6.45, 7) is 7.36. The number of hydrogen-bond donors (Lipinski definition) is 1. The second-order valence-electron chi connectivity index (χ2n) is 6.41. The Hall–Kier alpha value is -0.120. The number of rotatable bonds is 4. The Kier molecular flexibility index (Phi) is 4.45. The van der Waals surface area contributed by atoms with E-state index in [9.17, 15) is 5.11 Å². The Morgan fingerprint density at radius 1 is 1.29 bits per heavy atom. The van der Waals surface area contributed by atoms with Crippen LogP contribution in [0.3, 0.4) is 0 Å². The van der Waals surface area contributed by atoms with Crippen molar-refractivity contribution in [1.82, 2.24) is 9.80 Å². The molecule has 0 aliphatic carbocycles. The summed E-state index contributed by atoms with van der Waals surface area (Å²) in [6.07, 6.45) is 6.48. The minimum Gasteiger partial charge on any atom is -0.396 e. The lowest BCUT2D eigenvalue weighted by Gasteiger charge is -2.40. The molecule has 2 heterocycles. The third-order valence-corrected chi connectivity index (χ3v) is 4.69. The summed E-state index contributed by atoms with van der Waals surface area (Å²) >= 11 is 0. The molecule has 2 rings (SSSR count). The summed E-state index contributed by atoms with van der Waals surface area (Å²) in [7, 11) is 2.26. The second-order valence-corrected chi connectivity index (χ2v) is 6.41. The van der Waals surface area contributed by atoms with Crippen LogP contribution >= 0.6 is 0 Å². The predicted molar refractivity (Wildman–Crippen MR) is 71.1 cm³/mol. The van der Waals surface area contributed by atoms with Crippen molar-refractivity contribution >= 4 is 0 Å². The highest BCUT2D eigenvalue weighted by Gasteiger charge is 2.30. The van der Waals surface area contributed by atoms with Crippen molar-refractivity contribution in [3.63, 3.8) is 0 Å². The molecule has 0 aromatic rings. The molecule has 2 atom stereocenters. The molecule has 3 heteroatoms. The van der Waals surface area contributed by atoms with Gasteiger partial charge in [-0.3, -0.25) is 0 Å². The van der Waals surface area contributed by atoms with Crippen molar-refractivity contribution in [3.05, 3.63) is 0 Å². The van der Waals surface area contributed by atoms with E-state index in [2.05, 4.69) is 23.8 Å². The molecular weight excluding hydrogens is 212 g/mol. The fraction of sp³-hybridized carbons (Fsp3) is 1.00. The van der Waals surface area contributed by atoms with Crippen molar-refractivity contribution < 1.29 is 5.11 Å². The van der Waals surface area contributed by atoms with Gasteiger partial charge in [0.05, 0.1) is 0 Å². The maximum Gasteiger partial charge on any atom is 0.0497 e. The van der Waals surface area contributed by atoms with E-state index in [1.807, 2.05) is 0 Å². The molecule has 3 nitrogen and oxygen atoms in total. The predicted octanol–water partition coefficient (Wildman–Crippen LogP) is 1.57. The maximum atomic E-state index is 9.45. The molecule has 2 aliphatic rings. The normalized spacial score (nSPS) is 36.5. The lowest BCUT2D eigenvalue weighted by Crippen LogP contribution is -2.44. The first-order valence-electron chi connectivity index (χ1n) is 7.16. The highest BCUT2D eigenvalue weighted by Crippen LogP contribution is 2.29. The van der Waals surface area contributed by atoms with Gasteiger partial charge in [-0.25, -0.2) is 0 Å². The zero-order valence-corrected chi connectivity index (χ0v) is 11.5. The number of likely N-dealkylation sites (tertiary alicyclic amines) is 2. The molecular formula is C14H28N2O. The monoisotopic (exact) mass is 240 g/mol. The molecule has 0 aromatic carbocycles. The largest absolute Gasteiger partial charge is 0.396 e. The van der Waals surface area contributed by atoms with Crippen LogP contribution in [0.25, 0.3) is 0 Å². The third-order valence-electron chi connectivity index (χ3n) is 4.69. The van der Waals surface area contributed by atoms with Gasteiger partial charge >= 0.3 is 0 Å². The summed E-state index contributed by atoms with van der Waals surface area (Å²) in [5.41, 5.74) is 0.153. The van der Waals surface area contributed by atoms with Gasteiger partial charge in [0.2, 0.25) is 0 Å². The second kappa shape index (κ2) is 5.68. The SMILES string of the molecule is CN1CCCC1CCN1CCCC(C)(CO)C1. The van der Waals surface area contributed by atoms with Gasteiger partial charge in [0.25, 0.3) is 0 Å². The highest BCUT2D eigenvalue weighted by molar-refractivity contribution is 4.84. The molecule has 0 amide bonds. The maximum absolute atomic E-state index is 9.45. The molecule has 17 heavy (non-hydrogen) atoms. The average Bonchev–Trinajstić information content (AvgIpc) is 2.73. The molecule has 0 radical (unpaired) electrons. The summed E-state index contributed by atoms with van der Waals surface area (Å²) in [6, 6.07) is 0.803. The van der Waals surface area contributed by atoms with Crippen molar-refractivity contribution in [3.8, 4) is 0 Å². The quantitative estimate of drug-likeness (QED) is 0.808. The smallest absolute Gasteiger partial charge is 0.0497 e. The van der Waals surface area contributed by atoms with Gasteiger partial charge in [-0.1, -0.05) is 6.92 Å². The van der Waals surface area contributed by atoms with Gasteiger partial charge in [-0.2, -0.15) is 0 Å². The van der Waals surface area contributed by atoms with Crippen LogP contribution in [0.1, 0.15) is 39.0 Å². The van der Waals surface area contributed by atoms with Gasteiger partial charge in [0.15, 0.2) is 0 Å². The van der Waals surface area contributed by atoms with Crippen LogP contribution in [-0.4, -0.2) is 60.8 Å². The first kappa shape index (κ1) is 13.3. The van der Waals surface area contributed by atoms with E-state index in [0.717, 1.165) is 12.6 Å². The zero-order valence-electron chi connectivity index (χ0n) is 11.5. The highest BCUT2D eigenvalue weighted by atomic mass is 16.3. The van der Waals surface area contributed by atoms with Crippen LogP contribution in [0, 0.1) is 5.41 Å². The van der Waals surface area contributed by atoms with Crippen LogP contribution in [0.15, 0.2) is 0 Å². The summed E-state index contributed by atoms with van der Waals surface area (Å²) in [4.78, 5) is 5.07. The molecule has 2 saturated heterocycles. The standard InChI is InChI=1S/C14H28N2O/c1-14(12-17)7-4-9-16(11-14)10-6-13-5-3-8-15(13)2/h13,17H,3-12H2,1-2H3. The van der Waals surface area contributed by atoms with Gasteiger partial charge in [0, 0.05) is 24.6 Å². The van der Waals surface area contributed by atoms with E-state index in [1.54, 1.807) is 0 Å².